The third kappa shape index (κ3) is 6.62. The van der Waals surface area contributed by atoms with Crippen LogP contribution in [0.5, 0.6) is 11.5 Å². The molecule has 1 N–H and O–H groups in total. The molecular weight excluding hydrogens is 416 g/mol. The van der Waals surface area contributed by atoms with Gasteiger partial charge < -0.3 is 14.8 Å². The number of nitrogens with zero attached hydrogens (tertiary/aromatic N) is 1. The van der Waals surface area contributed by atoms with E-state index in [-0.39, 0.29) is 24.9 Å². The van der Waals surface area contributed by atoms with Crippen LogP contribution in [-0.2, 0) is 14.8 Å². The lowest BCUT2D eigenvalue weighted by molar-refractivity contribution is -0.121. The maximum absolute atomic E-state index is 12.6. The smallest absolute Gasteiger partial charge is 0.232 e. The van der Waals surface area contributed by atoms with Gasteiger partial charge in [0.25, 0.3) is 0 Å². The molecule has 31 heavy (non-hydrogen) atoms. The predicted molar refractivity (Wildman–Crippen MR) is 123 cm³/mol. The number of amides is 1. The first-order valence-electron chi connectivity index (χ1n) is 10.3. The zero-order valence-corrected chi connectivity index (χ0v) is 19.7. The number of para-hydroxylation sites is 1. The zero-order valence-electron chi connectivity index (χ0n) is 18.8. The van der Waals surface area contributed by atoms with Gasteiger partial charge >= 0.3 is 0 Å². The lowest BCUT2D eigenvalue weighted by Crippen LogP contribution is -2.33. The summed E-state index contributed by atoms with van der Waals surface area (Å²) in [6.45, 7) is 4.10. The Hall–Kier alpha value is -2.74. The Morgan fingerprint density at radius 3 is 2.35 bits per heavy atom. The highest BCUT2D eigenvalue weighted by Gasteiger charge is 2.20. The molecule has 0 fully saturated rings. The van der Waals surface area contributed by atoms with E-state index < -0.39 is 10.0 Å². The SMILES string of the molecule is CC[C@@H](NC(=O)CCCN(c1ccccc1C)S(C)(=O)=O)c1ccc(OC)c(OC)c1. The number of hydrogen-bond donors (Lipinski definition) is 1. The third-order valence-corrected chi connectivity index (χ3v) is 6.28. The molecule has 1 amide bonds. The summed E-state index contributed by atoms with van der Waals surface area (Å²) in [7, 11) is -0.298. The Labute approximate surface area is 185 Å². The molecule has 0 saturated heterocycles. The van der Waals surface area contributed by atoms with E-state index in [1.165, 1.54) is 10.6 Å². The predicted octanol–water partition coefficient (Wildman–Crippen LogP) is 3.83. The fourth-order valence-electron chi connectivity index (χ4n) is 3.45. The molecule has 0 heterocycles. The van der Waals surface area contributed by atoms with Crippen LogP contribution in [0.2, 0.25) is 0 Å². The molecule has 170 valence electrons. The normalized spacial score (nSPS) is 12.2. The van der Waals surface area contributed by atoms with E-state index in [1.54, 1.807) is 20.3 Å². The lowest BCUT2D eigenvalue weighted by atomic mass is 10.0. The molecule has 0 aliphatic carbocycles. The van der Waals surface area contributed by atoms with Crippen molar-refractivity contribution in [1.82, 2.24) is 5.32 Å². The van der Waals surface area contributed by atoms with Crippen LogP contribution < -0.4 is 19.1 Å². The number of hydrogen-bond acceptors (Lipinski definition) is 5. The third-order valence-electron chi connectivity index (χ3n) is 5.10. The van der Waals surface area contributed by atoms with Crippen LogP contribution in [-0.4, -0.2) is 41.3 Å². The average Bonchev–Trinajstić information content (AvgIpc) is 2.74. The second kappa shape index (κ2) is 11.0. The Morgan fingerprint density at radius 1 is 1.10 bits per heavy atom. The first-order valence-corrected chi connectivity index (χ1v) is 12.1. The van der Waals surface area contributed by atoms with Gasteiger partial charge in [0.05, 0.1) is 32.2 Å². The van der Waals surface area contributed by atoms with Crippen LogP contribution in [0.25, 0.3) is 0 Å². The minimum atomic E-state index is -3.45. The fraction of sp³-hybridized carbons (Fsp3) is 0.435. The van der Waals surface area contributed by atoms with Crippen molar-refractivity contribution in [2.45, 2.75) is 39.2 Å². The summed E-state index contributed by atoms with van der Waals surface area (Å²) in [4.78, 5) is 12.6. The van der Waals surface area contributed by atoms with E-state index in [0.29, 0.717) is 30.0 Å². The molecule has 8 heteroatoms. The largest absolute Gasteiger partial charge is 0.493 e. The monoisotopic (exact) mass is 448 g/mol. The molecular formula is C23H32N2O5S. The van der Waals surface area contributed by atoms with Crippen molar-refractivity contribution in [3.05, 3.63) is 53.6 Å². The zero-order chi connectivity index (χ0) is 23.0. The highest BCUT2D eigenvalue weighted by Crippen LogP contribution is 2.31. The van der Waals surface area contributed by atoms with Gasteiger partial charge in [-0.2, -0.15) is 0 Å². The van der Waals surface area contributed by atoms with Crippen LogP contribution in [0.3, 0.4) is 0 Å². The number of rotatable bonds is 11. The number of carbonyl (C=O) groups excluding carboxylic acids is 1. The van der Waals surface area contributed by atoms with Gasteiger partial charge in [-0.3, -0.25) is 9.10 Å². The molecule has 0 saturated carbocycles. The molecule has 0 spiro atoms. The molecule has 0 unspecified atom stereocenters. The lowest BCUT2D eigenvalue weighted by Gasteiger charge is -2.24. The van der Waals surface area contributed by atoms with E-state index in [4.69, 9.17) is 9.47 Å². The summed E-state index contributed by atoms with van der Waals surface area (Å²) in [6, 6.07) is 12.7. The van der Waals surface area contributed by atoms with E-state index in [0.717, 1.165) is 11.1 Å². The van der Waals surface area contributed by atoms with Crippen molar-refractivity contribution in [3.63, 3.8) is 0 Å². The summed E-state index contributed by atoms with van der Waals surface area (Å²) in [6.07, 6.45) is 2.53. The number of nitrogens with one attached hydrogen (secondary N) is 1. The molecule has 2 rings (SSSR count). The van der Waals surface area contributed by atoms with E-state index >= 15 is 0 Å². The van der Waals surface area contributed by atoms with Crippen molar-refractivity contribution in [2.24, 2.45) is 0 Å². The van der Waals surface area contributed by atoms with Gasteiger partial charge in [0.2, 0.25) is 15.9 Å². The van der Waals surface area contributed by atoms with Crippen molar-refractivity contribution in [3.8, 4) is 11.5 Å². The van der Waals surface area contributed by atoms with Gasteiger partial charge in [0, 0.05) is 13.0 Å². The van der Waals surface area contributed by atoms with Crippen LogP contribution in [0.15, 0.2) is 42.5 Å². The second-order valence-electron chi connectivity index (χ2n) is 7.37. The number of benzene rings is 2. The Morgan fingerprint density at radius 2 is 1.77 bits per heavy atom. The molecule has 0 aromatic heterocycles. The maximum atomic E-state index is 12.6. The standard InChI is InChI=1S/C23H32N2O5S/c1-6-19(18-13-14-21(29-3)22(16-18)30-4)24-23(26)12-9-15-25(31(5,27)28)20-11-8-7-10-17(20)2/h7-8,10-11,13-14,16,19H,6,9,12,15H2,1-5H3,(H,24,26)/t19-/m1/s1. The topological polar surface area (TPSA) is 84.9 Å². The van der Waals surface area contributed by atoms with Gasteiger partial charge in [0.15, 0.2) is 11.5 Å². The Kier molecular flexibility index (Phi) is 8.74. The van der Waals surface area contributed by atoms with Gasteiger partial charge in [-0.05, 0) is 49.1 Å². The van der Waals surface area contributed by atoms with Gasteiger partial charge in [-0.15, -0.1) is 0 Å². The molecule has 7 nitrogen and oxygen atoms in total. The van der Waals surface area contributed by atoms with Gasteiger partial charge in [0.1, 0.15) is 0 Å². The maximum Gasteiger partial charge on any atom is 0.232 e. The van der Waals surface area contributed by atoms with Gasteiger partial charge in [-0.1, -0.05) is 31.2 Å². The number of ether oxygens (including phenoxy) is 2. The number of anilines is 1. The molecule has 0 aliphatic rings. The Bertz CT molecular complexity index is 991. The van der Waals surface area contributed by atoms with Crippen molar-refractivity contribution < 1.29 is 22.7 Å². The molecule has 2 aromatic rings. The minimum absolute atomic E-state index is 0.125. The number of methoxy groups -OCH3 is 2. The highest BCUT2D eigenvalue weighted by atomic mass is 32.2. The summed E-state index contributed by atoms with van der Waals surface area (Å²) in [5.74, 6) is 1.11. The van der Waals surface area contributed by atoms with E-state index in [1.807, 2.05) is 50.2 Å². The number of aryl methyl sites for hydroxylation is 1. The van der Waals surface area contributed by atoms with E-state index in [2.05, 4.69) is 5.32 Å². The van der Waals surface area contributed by atoms with Crippen LogP contribution in [0.4, 0.5) is 5.69 Å². The van der Waals surface area contributed by atoms with Crippen molar-refractivity contribution in [1.29, 1.82) is 0 Å². The Balaban J connectivity index is 2.02. The number of sulfonamides is 1. The summed E-state index contributed by atoms with van der Waals surface area (Å²) < 4.78 is 36.6. The van der Waals surface area contributed by atoms with Crippen molar-refractivity contribution in [2.75, 3.05) is 31.3 Å². The van der Waals surface area contributed by atoms with Crippen LogP contribution >= 0.6 is 0 Å². The fourth-order valence-corrected chi connectivity index (χ4v) is 4.47. The second-order valence-corrected chi connectivity index (χ2v) is 9.27. The number of carbonyl (C=O) groups is 1. The summed E-state index contributed by atoms with van der Waals surface area (Å²) in [5.41, 5.74) is 2.44. The first-order chi connectivity index (χ1) is 14.7. The van der Waals surface area contributed by atoms with Crippen molar-refractivity contribution >= 4 is 21.6 Å². The molecule has 0 radical (unpaired) electrons. The van der Waals surface area contributed by atoms with Crippen LogP contribution in [0, 0.1) is 6.92 Å². The summed E-state index contributed by atoms with van der Waals surface area (Å²) in [5, 5.41) is 3.03. The quantitative estimate of drug-likeness (QED) is 0.565. The molecule has 2 aromatic carbocycles. The van der Waals surface area contributed by atoms with Gasteiger partial charge in [-0.25, -0.2) is 8.42 Å². The van der Waals surface area contributed by atoms with E-state index in [9.17, 15) is 13.2 Å². The first kappa shape index (κ1) is 24.5. The molecule has 1 atom stereocenters. The van der Waals surface area contributed by atoms with Crippen LogP contribution in [0.1, 0.15) is 43.4 Å². The molecule has 0 aliphatic heterocycles. The average molecular weight is 449 g/mol. The molecule has 0 bridgehead atoms. The minimum Gasteiger partial charge on any atom is -0.493 e. The highest BCUT2D eigenvalue weighted by molar-refractivity contribution is 7.92. The summed E-state index contributed by atoms with van der Waals surface area (Å²) >= 11 is 0.